The number of carbonyl (C=O) groups is 1. The fourth-order valence-corrected chi connectivity index (χ4v) is 3.02. The average Bonchev–Trinajstić information content (AvgIpc) is 2.76. The van der Waals surface area contributed by atoms with Crippen LogP contribution in [0.25, 0.3) is 0 Å². The molecule has 0 fully saturated rings. The van der Waals surface area contributed by atoms with Gasteiger partial charge in [-0.3, -0.25) is 14.9 Å². The lowest BCUT2D eigenvalue weighted by Gasteiger charge is -2.20. The molecule has 0 radical (unpaired) electrons. The molecule has 0 aliphatic carbocycles. The van der Waals surface area contributed by atoms with Crippen LogP contribution in [0.1, 0.15) is 25.0 Å². The molecule has 0 unspecified atom stereocenters. The van der Waals surface area contributed by atoms with Gasteiger partial charge in [0.25, 0.3) is 5.69 Å². The predicted molar refractivity (Wildman–Crippen MR) is 90.3 cm³/mol. The van der Waals surface area contributed by atoms with Crippen LogP contribution in [0.5, 0.6) is 5.75 Å². The molecule has 2 aromatic rings. The lowest BCUT2D eigenvalue weighted by molar-refractivity contribution is -0.384. The molecule has 0 spiro atoms. The van der Waals surface area contributed by atoms with Gasteiger partial charge in [-0.05, 0) is 43.2 Å². The Labute approximate surface area is 139 Å². The van der Waals surface area contributed by atoms with Gasteiger partial charge in [-0.2, -0.15) is 0 Å². The molecule has 6 nitrogen and oxygen atoms in total. The van der Waals surface area contributed by atoms with Gasteiger partial charge in [-0.15, -0.1) is 0 Å². The fourth-order valence-electron chi connectivity index (χ4n) is 3.02. The van der Waals surface area contributed by atoms with Gasteiger partial charge in [0.15, 0.2) is 0 Å². The molecule has 124 valence electrons. The summed E-state index contributed by atoms with van der Waals surface area (Å²) in [6, 6.07) is 12.0. The molecule has 1 heterocycles. The number of fused-ring (bicyclic) bond motifs is 1. The van der Waals surface area contributed by atoms with Crippen molar-refractivity contribution in [1.29, 1.82) is 0 Å². The number of amides is 1. The quantitative estimate of drug-likeness (QED) is 0.637. The SMILES string of the molecule is COc1ccc(CN2C(=O)C(C)(C)c3ccc([N+](=O)[O-])cc32)cc1. The van der Waals surface area contributed by atoms with Crippen LogP contribution in [0.15, 0.2) is 42.5 Å². The number of nitrogens with zero attached hydrogens (tertiary/aromatic N) is 2. The van der Waals surface area contributed by atoms with E-state index in [0.29, 0.717) is 12.2 Å². The van der Waals surface area contributed by atoms with Crippen molar-refractivity contribution in [2.75, 3.05) is 12.0 Å². The molecule has 0 aromatic heterocycles. The van der Waals surface area contributed by atoms with Crippen LogP contribution < -0.4 is 9.64 Å². The number of methoxy groups -OCH3 is 1. The third-order valence-corrected chi connectivity index (χ3v) is 4.44. The van der Waals surface area contributed by atoms with Crippen molar-refractivity contribution in [3.63, 3.8) is 0 Å². The second kappa shape index (κ2) is 5.63. The van der Waals surface area contributed by atoms with Gasteiger partial charge in [-0.1, -0.05) is 12.1 Å². The van der Waals surface area contributed by atoms with Crippen molar-refractivity contribution < 1.29 is 14.5 Å². The number of nitro benzene ring substituents is 1. The van der Waals surface area contributed by atoms with Crippen LogP contribution in [-0.4, -0.2) is 17.9 Å². The Hall–Kier alpha value is -2.89. The van der Waals surface area contributed by atoms with Crippen molar-refractivity contribution in [1.82, 2.24) is 0 Å². The minimum absolute atomic E-state index is 0.0148. The molecule has 1 aliphatic heterocycles. The largest absolute Gasteiger partial charge is 0.497 e. The van der Waals surface area contributed by atoms with Crippen LogP contribution in [0, 0.1) is 10.1 Å². The zero-order chi connectivity index (χ0) is 17.5. The van der Waals surface area contributed by atoms with E-state index in [1.807, 2.05) is 38.1 Å². The minimum atomic E-state index is -0.697. The summed E-state index contributed by atoms with van der Waals surface area (Å²) in [7, 11) is 1.59. The van der Waals surface area contributed by atoms with E-state index in [9.17, 15) is 14.9 Å². The Kier molecular flexibility index (Phi) is 3.75. The smallest absolute Gasteiger partial charge is 0.271 e. The predicted octanol–water partition coefficient (Wildman–Crippen LogP) is 3.43. The maximum Gasteiger partial charge on any atom is 0.271 e. The molecule has 0 saturated heterocycles. The zero-order valence-electron chi connectivity index (χ0n) is 13.8. The molecule has 24 heavy (non-hydrogen) atoms. The summed E-state index contributed by atoms with van der Waals surface area (Å²) in [6.07, 6.45) is 0. The van der Waals surface area contributed by atoms with Gasteiger partial charge in [0, 0.05) is 12.1 Å². The molecule has 0 bridgehead atoms. The number of benzene rings is 2. The normalized spacial score (nSPS) is 15.3. The third kappa shape index (κ3) is 2.50. The Bertz CT molecular complexity index is 812. The number of nitro groups is 1. The molecular formula is C18H18N2O4. The van der Waals surface area contributed by atoms with Crippen molar-refractivity contribution in [3.8, 4) is 5.75 Å². The van der Waals surface area contributed by atoms with E-state index in [4.69, 9.17) is 4.74 Å². The standard InChI is InChI=1S/C18H18N2O4/c1-18(2)15-9-6-13(20(22)23)10-16(15)19(17(18)21)11-12-4-7-14(24-3)8-5-12/h4-10H,11H2,1-3H3. The zero-order valence-corrected chi connectivity index (χ0v) is 13.8. The van der Waals surface area contributed by atoms with Crippen molar-refractivity contribution in [2.24, 2.45) is 0 Å². The number of non-ortho nitro benzene ring substituents is 1. The molecule has 0 N–H and O–H groups in total. The van der Waals surface area contributed by atoms with Crippen molar-refractivity contribution in [3.05, 3.63) is 63.7 Å². The van der Waals surface area contributed by atoms with E-state index in [-0.39, 0.29) is 11.6 Å². The molecule has 0 atom stereocenters. The van der Waals surface area contributed by atoms with Gasteiger partial charge in [0.05, 0.1) is 29.7 Å². The summed E-state index contributed by atoms with van der Waals surface area (Å²) in [5.41, 5.74) is 1.64. The number of carbonyl (C=O) groups excluding carboxylic acids is 1. The van der Waals surface area contributed by atoms with Gasteiger partial charge >= 0.3 is 0 Å². The summed E-state index contributed by atoms with van der Waals surface area (Å²) in [5, 5.41) is 11.1. The van der Waals surface area contributed by atoms with Crippen LogP contribution >= 0.6 is 0 Å². The summed E-state index contributed by atoms with van der Waals surface area (Å²) < 4.78 is 5.14. The highest BCUT2D eigenvalue weighted by Crippen LogP contribution is 2.43. The number of ether oxygens (including phenoxy) is 1. The van der Waals surface area contributed by atoms with E-state index in [1.54, 1.807) is 18.1 Å². The number of hydrogen-bond acceptors (Lipinski definition) is 4. The maximum absolute atomic E-state index is 12.8. The Morgan fingerprint density at radius 1 is 1.17 bits per heavy atom. The van der Waals surface area contributed by atoms with E-state index in [2.05, 4.69) is 0 Å². The molecule has 6 heteroatoms. The first kappa shape index (κ1) is 16.0. The summed E-state index contributed by atoms with van der Waals surface area (Å²) >= 11 is 0. The Morgan fingerprint density at radius 2 is 1.83 bits per heavy atom. The Morgan fingerprint density at radius 3 is 2.42 bits per heavy atom. The minimum Gasteiger partial charge on any atom is -0.497 e. The number of anilines is 1. The lowest BCUT2D eigenvalue weighted by atomic mass is 9.86. The molecule has 1 amide bonds. The van der Waals surface area contributed by atoms with E-state index >= 15 is 0 Å². The lowest BCUT2D eigenvalue weighted by Crippen LogP contribution is -2.35. The first-order valence-corrected chi connectivity index (χ1v) is 7.58. The highest BCUT2D eigenvalue weighted by atomic mass is 16.6. The van der Waals surface area contributed by atoms with Gasteiger partial charge in [0.2, 0.25) is 5.91 Å². The van der Waals surface area contributed by atoms with Crippen LogP contribution in [-0.2, 0) is 16.8 Å². The molecular weight excluding hydrogens is 308 g/mol. The Balaban J connectivity index is 2.00. The fraction of sp³-hybridized carbons (Fsp3) is 0.278. The van der Waals surface area contributed by atoms with Gasteiger partial charge in [0.1, 0.15) is 5.75 Å². The molecule has 0 saturated carbocycles. The molecule has 1 aliphatic rings. The summed E-state index contributed by atoms with van der Waals surface area (Å²) in [4.78, 5) is 25.1. The average molecular weight is 326 g/mol. The first-order chi connectivity index (χ1) is 11.3. The maximum atomic E-state index is 12.8. The molecule has 3 rings (SSSR count). The van der Waals surface area contributed by atoms with Crippen LogP contribution in [0.3, 0.4) is 0 Å². The summed E-state index contributed by atoms with van der Waals surface area (Å²) in [6.45, 7) is 4.04. The first-order valence-electron chi connectivity index (χ1n) is 7.58. The van der Waals surface area contributed by atoms with Gasteiger partial charge in [-0.25, -0.2) is 0 Å². The summed E-state index contributed by atoms with van der Waals surface area (Å²) in [5.74, 6) is 0.677. The van der Waals surface area contributed by atoms with Gasteiger partial charge < -0.3 is 9.64 Å². The second-order valence-corrected chi connectivity index (χ2v) is 6.32. The van der Waals surface area contributed by atoms with E-state index in [0.717, 1.165) is 16.9 Å². The monoisotopic (exact) mass is 326 g/mol. The van der Waals surface area contributed by atoms with Crippen molar-refractivity contribution >= 4 is 17.3 Å². The third-order valence-electron chi connectivity index (χ3n) is 4.44. The molecule has 2 aromatic carbocycles. The van der Waals surface area contributed by atoms with Crippen molar-refractivity contribution in [2.45, 2.75) is 25.8 Å². The topological polar surface area (TPSA) is 72.7 Å². The second-order valence-electron chi connectivity index (χ2n) is 6.32. The highest BCUT2D eigenvalue weighted by molar-refractivity contribution is 6.07. The number of rotatable bonds is 4. The van der Waals surface area contributed by atoms with Crippen LogP contribution in [0.2, 0.25) is 0 Å². The van der Waals surface area contributed by atoms with E-state index < -0.39 is 10.3 Å². The van der Waals surface area contributed by atoms with Crippen LogP contribution in [0.4, 0.5) is 11.4 Å². The number of hydrogen-bond donors (Lipinski definition) is 0. The highest BCUT2D eigenvalue weighted by Gasteiger charge is 2.44. The van der Waals surface area contributed by atoms with E-state index in [1.165, 1.54) is 12.1 Å².